The molecule has 4 N–H and O–H groups in total. The summed E-state index contributed by atoms with van der Waals surface area (Å²) in [5, 5.41) is 8.59. The van der Waals surface area contributed by atoms with Crippen molar-refractivity contribution in [2.24, 2.45) is 5.73 Å². The maximum Gasteiger partial charge on any atom is 0.320 e. The number of hydrogen-bond donors (Lipinski definition) is 3. The van der Waals surface area contributed by atoms with Crippen molar-refractivity contribution < 1.29 is 19.4 Å². The fraction of sp³-hybridized carbons (Fsp3) is 0.417. The highest BCUT2D eigenvalue weighted by Gasteiger charge is 2.21. The second-order valence-corrected chi connectivity index (χ2v) is 6.85. The molecule has 0 aliphatic carbocycles. The number of aryl methyl sites for hydroxylation is 1. The number of carboxylic acid groups (broad SMARTS) is 1. The smallest absolute Gasteiger partial charge is 0.320 e. The Hall–Kier alpha value is -1.16. The number of hydrogen-bond acceptors (Lipinski definition) is 3. The Balaban J connectivity index is 2.40. The van der Waals surface area contributed by atoms with Gasteiger partial charge in [0.1, 0.15) is 6.04 Å². The molecule has 2 unspecified atom stereocenters. The van der Waals surface area contributed by atoms with Gasteiger partial charge >= 0.3 is 5.97 Å². The molecular weight excluding hydrogens is 253 g/mol. The zero-order chi connectivity index (χ0) is 13.6. The van der Waals surface area contributed by atoms with Gasteiger partial charge in [0.15, 0.2) is 0 Å². The first-order valence-corrected chi connectivity index (χ1v) is 7.77. The summed E-state index contributed by atoms with van der Waals surface area (Å²) < 4.78 is 11.8. The Morgan fingerprint density at radius 2 is 1.89 bits per heavy atom. The predicted molar refractivity (Wildman–Crippen MR) is 69.9 cm³/mol. The highest BCUT2D eigenvalue weighted by atomic mass is 31.2. The fourth-order valence-electron chi connectivity index (χ4n) is 1.52. The van der Waals surface area contributed by atoms with Crippen LogP contribution in [0.15, 0.2) is 30.3 Å². The van der Waals surface area contributed by atoms with Gasteiger partial charge in [-0.25, -0.2) is 0 Å². The molecule has 0 bridgehead atoms. The standard InChI is InChI=1S/C12H18NO4P/c13-11(12(14)15)7-9-18(16,17)8-6-10-4-2-1-3-5-10/h1-5,11H,6-9,13H2,(H,14,15)(H,16,17). The van der Waals surface area contributed by atoms with Crippen molar-refractivity contribution in [2.45, 2.75) is 18.9 Å². The molecule has 100 valence electrons. The first kappa shape index (κ1) is 14.9. The lowest BCUT2D eigenvalue weighted by Crippen LogP contribution is -2.31. The highest BCUT2D eigenvalue weighted by molar-refractivity contribution is 7.57. The molecule has 1 aromatic rings. The summed E-state index contributed by atoms with van der Waals surface area (Å²) in [6.07, 6.45) is 0.644. The zero-order valence-electron chi connectivity index (χ0n) is 10.0. The Bertz CT molecular complexity index is 435. The van der Waals surface area contributed by atoms with Crippen molar-refractivity contribution in [3.8, 4) is 0 Å². The topological polar surface area (TPSA) is 101 Å². The van der Waals surface area contributed by atoms with Gasteiger partial charge in [-0.15, -0.1) is 0 Å². The second kappa shape index (κ2) is 6.69. The van der Waals surface area contributed by atoms with E-state index in [-0.39, 0.29) is 18.7 Å². The average molecular weight is 271 g/mol. The van der Waals surface area contributed by atoms with E-state index >= 15 is 0 Å². The van der Waals surface area contributed by atoms with Gasteiger partial charge in [0.2, 0.25) is 7.37 Å². The summed E-state index contributed by atoms with van der Waals surface area (Å²) in [5.41, 5.74) is 6.29. The van der Waals surface area contributed by atoms with E-state index in [9.17, 15) is 14.3 Å². The third-order valence-electron chi connectivity index (χ3n) is 2.70. The number of rotatable bonds is 7. The van der Waals surface area contributed by atoms with Crippen molar-refractivity contribution in [3.63, 3.8) is 0 Å². The van der Waals surface area contributed by atoms with E-state index in [1.54, 1.807) is 0 Å². The first-order valence-electron chi connectivity index (χ1n) is 5.74. The maximum absolute atomic E-state index is 11.8. The SMILES string of the molecule is NC(CCP(=O)(O)CCc1ccccc1)C(=O)O. The second-order valence-electron chi connectivity index (χ2n) is 4.26. The van der Waals surface area contributed by atoms with Crippen LogP contribution < -0.4 is 5.73 Å². The Morgan fingerprint density at radius 3 is 2.44 bits per heavy atom. The van der Waals surface area contributed by atoms with Crippen molar-refractivity contribution in [3.05, 3.63) is 35.9 Å². The van der Waals surface area contributed by atoms with Gasteiger partial charge in [0.05, 0.1) is 0 Å². The van der Waals surface area contributed by atoms with Crippen LogP contribution in [0.3, 0.4) is 0 Å². The van der Waals surface area contributed by atoms with Gasteiger partial charge in [-0.05, 0) is 18.4 Å². The van der Waals surface area contributed by atoms with E-state index in [1.165, 1.54) is 0 Å². The summed E-state index contributed by atoms with van der Waals surface area (Å²) >= 11 is 0. The minimum atomic E-state index is -3.29. The number of aliphatic carboxylic acids is 1. The molecule has 0 saturated carbocycles. The fourth-order valence-corrected chi connectivity index (χ4v) is 3.04. The van der Waals surface area contributed by atoms with E-state index in [0.29, 0.717) is 6.42 Å². The van der Waals surface area contributed by atoms with Gasteiger partial charge < -0.3 is 15.7 Å². The molecule has 0 radical (unpaired) electrons. The Kier molecular flexibility index (Phi) is 5.54. The molecule has 0 amide bonds. The van der Waals surface area contributed by atoms with Gasteiger partial charge in [-0.3, -0.25) is 9.36 Å². The van der Waals surface area contributed by atoms with Gasteiger partial charge in [0, 0.05) is 12.3 Å². The normalized spacial score (nSPS) is 15.9. The molecule has 0 spiro atoms. The van der Waals surface area contributed by atoms with E-state index in [4.69, 9.17) is 10.8 Å². The summed E-state index contributed by atoms with van der Waals surface area (Å²) in [7, 11) is -3.29. The molecule has 0 fully saturated rings. The minimum Gasteiger partial charge on any atom is -0.480 e. The van der Waals surface area contributed by atoms with Crippen LogP contribution >= 0.6 is 7.37 Å². The summed E-state index contributed by atoms with van der Waals surface area (Å²) in [5.74, 6) is -1.14. The van der Waals surface area contributed by atoms with Crippen LogP contribution in [-0.2, 0) is 15.8 Å². The lowest BCUT2D eigenvalue weighted by Gasteiger charge is -2.13. The molecule has 0 heterocycles. The van der Waals surface area contributed by atoms with Gasteiger partial charge in [-0.2, -0.15) is 0 Å². The maximum atomic E-state index is 11.8. The molecule has 5 nitrogen and oxygen atoms in total. The summed E-state index contributed by atoms with van der Waals surface area (Å²) in [4.78, 5) is 20.2. The molecule has 1 aromatic carbocycles. The molecule has 0 aliphatic heterocycles. The van der Waals surface area contributed by atoms with Crippen LogP contribution in [0.25, 0.3) is 0 Å². The quantitative estimate of drug-likeness (QED) is 0.649. The lowest BCUT2D eigenvalue weighted by molar-refractivity contribution is -0.138. The van der Waals surface area contributed by atoms with Crippen LogP contribution in [0, 0.1) is 0 Å². The molecule has 0 aliphatic rings. The Morgan fingerprint density at radius 1 is 1.28 bits per heavy atom. The highest BCUT2D eigenvalue weighted by Crippen LogP contribution is 2.41. The molecule has 18 heavy (non-hydrogen) atoms. The van der Waals surface area contributed by atoms with Crippen molar-refractivity contribution in [2.75, 3.05) is 12.3 Å². The molecule has 6 heteroatoms. The molecule has 1 rings (SSSR count). The number of nitrogens with two attached hydrogens (primary N) is 1. The molecular formula is C12H18NO4P. The third kappa shape index (κ3) is 5.45. The lowest BCUT2D eigenvalue weighted by atomic mass is 10.2. The molecule has 0 aromatic heterocycles. The number of carbonyl (C=O) groups is 1. The van der Waals surface area contributed by atoms with Crippen molar-refractivity contribution >= 4 is 13.3 Å². The number of carboxylic acids is 1. The van der Waals surface area contributed by atoms with Gasteiger partial charge in [0.25, 0.3) is 0 Å². The predicted octanol–water partition coefficient (Wildman–Crippen LogP) is 1.30. The largest absolute Gasteiger partial charge is 0.480 e. The zero-order valence-corrected chi connectivity index (χ0v) is 10.9. The summed E-state index contributed by atoms with van der Waals surface area (Å²) in [6, 6.07) is 8.35. The molecule has 2 atom stereocenters. The Labute approximate surface area is 106 Å². The molecule has 0 saturated heterocycles. The monoisotopic (exact) mass is 271 g/mol. The number of benzene rings is 1. The van der Waals surface area contributed by atoms with Crippen LogP contribution in [-0.4, -0.2) is 34.3 Å². The third-order valence-corrected chi connectivity index (χ3v) is 4.58. The van der Waals surface area contributed by atoms with E-state index in [2.05, 4.69) is 0 Å². The van der Waals surface area contributed by atoms with Crippen LogP contribution in [0.4, 0.5) is 0 Å². The van der Waals surface area contributed by atoms with Crippen LogP contribution in [0.5, 0.6) is 0 Å². The minimum absolute atomic E-state index is 0.0257. The van der Waals surface area contributed by atoms with E-state index in [0.717, 1.165) is 5.56 Å². The summed E-state index contributed by atoms with van der Waals surface area (Å²) in [6.45, 7) is 0. The van der Waals surface area contributed by atoms with E-state index in [1.807, 2.05) is 30.3 Å². The van der Waals surface area contributed by atoms with E-state index < -0.39 is 19.4 Å². The van der Waals surface area contributed by atoms with Gasteiger partial charge in [-0.1, -0.05) is 30.3 Å². The van der Waals surface area contributed by atoms with Crippen molar-refractivity contribution in [1.82, 2.24) is 0 Å². The van der Waals surface area contributed by atoms with Crippen molar-refractivity contribution in [1.29, 1.82) is 0 Å². The average Bonchev–Trinajstić information content (AvgIpc) is 2.35. The van der Waals surface area contributed by atoms with Crippen LogP contribution in [0.2, 0.25) is 0 Å². The first-order chi connectivity index (χ1) is 8.41. The van der Waals surface area contributed by atoms with Crippen LogP contribution in [0.1, 0.15) is 12.0 Å².